The lowest BCUT2D eigenvalue weighted by Gasteiger charge is -2.15. The smallest absolute Gasteiger partial charge is 0.254 e. The molecule has 0 radical (unpaired) electrons. The molecule has 0 fully saturated rings. The van der Waals surface area contributed by atoms with Crippen LogP contribution in [0, 0.1) is 0 Å². The highest BCUT2D eigenvalue weighted by Crippen LogP contribution is 2.26. The number of hydrogen-bond donors (Lipinski definition) is 1. The minimum atomic E-state index is -0.000647. The van der Waals surface area contributed by atoms with Crippen molar-refractivity contribution in [2.75, 3.05) is 5.73 Å². The molecule has 0 aliphatic carbocycles. The molecule has 0 saturated heterocycles. The minimum Gasteiger partial charge on any atom is -0.368 e. The summed E-state index contributed by atoms with van der Waals surface area (Å²) in [6.07, 6.45) is 1.70. The van der Waals surface area contributed by atoms with E-state index in [0.717, 1.165) is 16.8 Å². The standard InChI is InChI=1S/C17H14N4OS/c18-17-19-8-13-9-21(10-14(13)20-17)16(22)12-5-3-11(4-6-12)15-2-1-7-23-15/h1-8H,9-10H2,(H2,18,19,20). The van der Waals surface area contributed by atoms with E-state index in [1.165, 1.54) is 4.88 Å². The zero-order valence-corrected chi connectivity index (χ0v) is 13.1. The number of benzene rings is 1. The van der Waals surface area contributed by atoms with Crippen molar-refractivity contribution in [1.82, 2.24) is 14.9 Å². The maximum absolute atomic E-state index is 12.6. The first-order valence-corrected chi connectivity index (χ1v) is 8.12. The Hall–Kier alpha value is -2.73. The molecule has 1 aliphatic heterocycles. The summed E-state index contributed by atoms with van der Waals surface area (Å²) < 4.78 is 0. The molecular weight excluding hydrogens is 308 g/mol. The average molecular weight is 322 g/mol. The molecule has 0 saturated carbocycles. The van der Waals surface area contributed by atoms with Gasteiger partial charge in [-0.25, -0.2) is 9.97 Å². The molecule has 1 amide bonds. The van der Waals surface area contributed by atoms with Crippen LogP contribution in [0.2, 0.25) is 0 Å². The van der Waals surface area contributed by atoms with E-state index in [9.17, 15) is 4.79 Å². The van der Waals surface area contributed by atoms with Crippen LogP contribution in [-0.2, 0) is 13.1 Å². The van der Waals surface area contributed by atoms with Crippen molar-refractivity contribution in [2.45, 2.75) is 13.1 Å². The van der Waals surface area contributed by atoms with E-state index < -0.39 is 0 Å². The van der Waals surface area contributed by atoms with Gasteiger partial charge in [-0.15, -0.1) is 11.3 Å². The maximum Gasteiger partial charge on any atom is 0.254 e. The summed E-state index contributed by atoms with van der Waals surface area (Å²) in [5.41, 5.74) is 9.20. The number of hydrogen-bond acceptors (Lipinski definition) is 5. The molecule has 3 aromatic rings. The van der Waals surface area contributed by atoms with Crippen LogP contribution < -0.4 is 5.73 Å². The Kier molecular flexibility index (Phi) is 3.31. The first-order valence-electron chi connectivity index (χ1n) is 7.24. The highest BCUT2D eigenvalue weighted by molar-refractivity contribution is 7.13. The summed E-state index contributed by atoms with van der Waals surface area (Å²) in [6, 6.07) is 11.8. The summed E-state index contributed by atoms with van der Waals surface area (Å²) in [5.74, 6) is 0.248. The van der Waals surface area contributed by atoms with Gasteiger partial charge in [0.15, 0.2) is 0 Å². The maximum atomic E-state index is 12.6. The molecule has 2 aromatic heterocycles. The number of nitrogens with zero attached hydrogens (tertiary/aromatic N) is 3. The predicted molar refractivity (Wildman–Crippen MR) is 89.8 cm³/mol. The van der Waals surface area contributed by atoms with Crippen LogP contribution in [0.1, 0.15) is 21.6 Å². The number of carbonyl (C=O) groups is 1. The summed E-state index contributed by atoms with van der Waals surface area (Å²) in [5, 5.41) is 2.04. The molecule has 23 heavy (non-hydrogen) atoms. The molecule has 3 heterocycles. The summed E-state index contributed by atoms with van der Waals surface area (Å²) in [6.45, 7) is 1.01. The zero-order valence-electron chi connectivity index (χ0n) is 12.3. The van der Waals surface area contributed by atoms with E-state index in [-0.39, 0.29) is 11.9 Å². The van der Waals surface area contributed by atoms with E-state index >= 15 is 0 Å². The molecule has 5 nitrogen and oxygen atoms in total. The van der Waals surface area contributed by atoms with Gasteiger partial charge >= 0.3 is 0 Å². The fourth-order valence-corrected chi connectivity index (χ4v) is 3.45. The Morgan fingerprint density at radius 1 is 1.17 bits per heavy atom. The lowest BCUT2D eigenvalue weighted by Crippen LogP contribution is -2.25. The second-order valence-corrected chi connectivity index (χ2v) is 6.36. The third-order valence-corrected chi connectivity index (χ3v) is 4.82. The SMILES string of the molecule is Nc1ncc2c(n1)CN(C(=O)c1ccc(-c3cccs3)cc1)C2. The molecule has 0 spiro atoms. The van der Waals surface area contributed by atoms with Crippen molar-refractivity contribution in [3.63, 3.8) is 0 Å². The quantitative estimate of drug-likeness (QED) is 0.787. The fraction of sp³-hybridized carbons (Fsp3) is 0.118. The van der Waals surface area contributed by atoms with Gasteiger partial charge in [-0.05, 0) is 29.1 Å². The lowest BCUT2D eigenvalue weighted by molar-refractivity contribution is 0.0750. The summed E-state index contributed by atoms with van der Waals surface area (Å²) in [4.78, 5) is 23.8. The second-order valence-electron chi connectivity index (χ2n) is 5.42. The first kappa shape index (κ1) is 13.9. The third kappa shape index (κ3) is 2.57. The van der Waals surface area contributed by atoms with Crippen molar-refractivity contribution in [3.05, 3.63) is 64.8 Å². The molecule has 1 aromatic carbocycles. The molecule has 0 unspecified atom stereocenters. The van der Waals surface area contributed by atoms with Crippen LogP contribution in [-0.4, -0.2) is 20.8 Å². The van der Waals surface area contributed by atoms with Crippen molar-refractivity contribution < 1.29 is 4.79 Å². The highest BCUT2D eigenvalue weighted by atomic mass is 32.1. The lowest BCUT2D eigenvalue weighted by atomic mass is 10.1. The Labute approximate surface area is 137 Å². The van der Waals surface area contributed by atoms with E-state index in [0.29, 0.717) is 18.7 Å². The van der Waals surface area contributed by atoms with Crippen LogP contribution in [0.4, 0.5) is 5.95 Å². The highest BCUT2D eigenvalue weighted by Gasteiger charge is 2.25. The zero-order chi connectivity index (χ0) is 15.8. The van der Waals surface area contributed by atoms with E-state index in [1.54, 1.807) is 22.4 Å². The van der Waals surface area contributed by atoms with E-state index in [2.05, 4.69) is 16.0 Å². The number of amides is 1. The van der Waals surface area contributed by atoms with Crippen LogP contribution in [0.3, 0.4) is 0 Å². The number of fused-ring (bicyclic) bond motifs is 1. The Morgan fingerprint density at radius 3 is 2.74 bits per heavy atom. The largest absolute Gasteiger partial charge is 0.368 e. The van der Waals surface area contributed by atoms with Gasteiger partial charge in [-0.1, -0.05) is 18.2 Å². The number of nitrogen functional groups attached to an aromatic ring is 1. The normalized spacial score (nSPS) is 13.1. The van der Waals surface area contributed by atoms with E-state index in [4.69, 9.17) is 5.73 Å². The molecule has 4 rings (SSSR count). The molecule has 6 heteroatoms. The molecule has 0 bridgehead atoms. The third-order valence-electron chi connectivity index (χ3n) is 3.90. The van der Waals surface area contributed by atoms with Gasteiger partial charge in [0, 0.05) is 28.7 Å². The number of rotatable bonds is 2. The Balaban J connectivity index is 1.54. The Morgan fingerprint density at radius 2 is 2.00 bits per heavy atom. The van der Waals surface area contributed by atoms with Gasteiger partial charge in [-0.3, -0.25) is 4.79 Å². The number of aromatic nitrogens is 2. The molecule has 0 atom stereocenters. The average Bonchev–Trinajstić information content (AvgIpc) is 3.23. The van der Waals surface area contributed by atoms with Gasteiger partial charge in [0.2, 0.25) is 5.95 Å². The number of nitrogens with two attached hydrogens (primary N) is 1. The van der Waals surface area contributed by atoms with E-state index in [1.807, 2.05) is 35.7 Å². The predicted octanol–water partition coefficient (Wildman–Crippen LogP) is 2.94. The monoisotopic (exact) mass is 322 g/mol. The molecule has 2 N–H and O–H groups in total. The van der Waals surface area contributed by atoms with Gasteiger partial charge in [0.1, 0.15) is 0 Å². The van der Waals surface area contributed by atoms with Gasteiger partial charge < -0.3 is 10.6 Å². The van der Waals surface area contributed by atoms with Gasteiger partial charge in [0.25, 0.3) is 5.91 Å². The first-order chi connectivity index (χ1) is 11.2. The molecule has 1 aliphatic rings. The fourth-order valence-electron chi connectivity index (χ4n) is 2.71. The van der Waals surface area contributed by atoms with Crippen molar-refractivity contribution in [2.24, 2.45) is 0 Å². The summed E-state index contributed by atoms with van der Waals surface area (Å²) >= 11 is 1.69. The van der Waals surface area contributed by atoms with Gasteiger partial charge in [0.05, 0.1) is 12.2 Å². The topological polar surface area (TPSA) is 72.1 Å². The molecule has 114 valence electrons. The number of anilines is 1. The minimum absolute atomic E-state index is 0.000647. The number of thiophene rings is 1. The molecular formula is C17H14N4OS. The van der Waals surface area contributed by atoms with Crippen LogP contribution in [0.15, 0.2) is 48.0 Å². The van der Waals surface area contributed by atoms with Crippen molar-refractivity contribution in [1.29, 1.82) is 0 Å². The van der Waals surface area contributed by atoms with Crippen LogP contribution >= 0.6 is 11.3 Å². The van der Waals surface area contributed by atoms with Crippen molar-refractivity contribution >= 4 is 23.2 Å². The summed E-state index contributed by atoms with van der Waals surface area (Å²) in [7, 11) is 0. The van der Waals surface area contributed by atoms with Crippen LogP contribution in [0.25, 0.3) is 10.4 Å². The van der Waals surface area contributed by atoms with Gasteiger partial charge in [-0.2, -0.15) is 0 Å². The van der Waals surface area contributed by atoms with Crippen molar-refractivity contribution in [3.8, 4) is 10.4 Å². The number of carbonyl (C=O) groups excluding carboxylic acids is 1. The van der Waals surface area contributed by atoms with Crippen LogP contribution in [0.5, 0.6) is 0 Å². The Bertz CT molecular complexity index is 859. The second kappa shape index (κ2) is 5.48.